The summed E-state index contributed by atoms with van der Waals surface area (Å²) in [5.41, 5.74) is 2.19. The zero-order valence-electron chi connectivity index (χ0n) is 27.8. The smallest absolute Gasteiger partial charge is 0.410 e. The number of Topliss-reactive ketones (excluding diaryl/α,β-unsaturated/α-hetero) is 1. The van der Waals surface area contributed by atoms with Crippen LogP contribution in [0.4, 0.5) is 4.79 Å². The van der Waals surface area contributed by atoms with Gasteiger partial charge in [0.1, 0.15) is 5.60 Å². The Hall–Kier alpha value is -3.22. The standard InChI is InChI=1S/C41H47NO5/c1-37-17-14-30(43)23-39(37)20-21-41(32(24-39)35(44)29-12-10-28(11-13-29)27-7-4-3-5-8-27)33(37)15-18-38(2)34(41)16-19-40(38)26-42(36(45)47-40)25-31-9-6-22-46-31/h3-5,7-8,10-13,20-21,24,30-31,33-34,43H,6,9,14-19,22-23,25-26H2,1-2H3/t30-,31+,33+,34+,37+,38-,39-,40+,41+/m0/s1. The summed E-state index contributed by atoms with van der Waals surface area (Å²) in [4.78, 5) is 30.4. The molecule has 6 nitrogen and oxygen atoms in total. The summed E-state index contributed by atoms with van der Waals surface area (Å²) in [5, 5.41) is 11.0. The van der Waals surface area contributed by atoms with Crippen LogP contribution in [0.25, 0.3) is 11.1 Å². The van der Waals surface area contributed by atoms with Crippen molar-refractivity contribution in [1.82, 2.24) is 4.90 Å². The highest BCUT2D eigenvalue weighted by Gasteiger charge is 2.76. The first-order valence-electron chi connectivity index (χ1n) is 18.0. The number of ether oxygens (including phenoxy) is 2. The molecule has 2 heterocycles. The molecule has 2 aromatic rings. The van der Waals surface area contributed by atoms with Crippen LogP contribution in [0.1, 0.15) is 82.0 Å². The normalized spacial score (nSPS) is 43.0. The molecular weight excluding hydrogens is 586 g/mol. The van der Waals surface area contributed by atoms with Crippen molar-refractivity contribution in [1.29, 1.82) is 0 Å². The van der Waals surface area contributed by atoms with E-state index < -0.39 is 11.0 Å². The number of ketones is 1. The molecule has 3 spiro atoms. The van der Waals surface area contributed by atoms with Crippen molar-refractivity contribution >= 4 is 11.9 Å². The maximum Gasteiger partial charge on any atom is 0.410 e. The van der Waals surface area contributed by atoms with Gasteiger partial charge in [-0.3, -0.25) is 4.79 Å². The highest BCUT2D eigenvalue weighted by molar-refractivity contribution is 6.10. The van der Waals surface area contributed by atoms with Crippen LogP contribution in [-0.4, -0.2) is 59.4 Å². The van der Waals surface area contributed by atoms with Gasteiger partial charge >= 0.3 is 6.09 Å². The van der Waals surface area contributed by atoms with Crippen molar-refractivity contribution in [2.75, 3.05) is 19.7 Å². The Bertz CT molecular complexity index is 1680. The highest BCUT2D eigenvalue weighted by atomic mass is 16.6. The van der Waals surface area contributed by atoms with Crippen molar-refractivity contribution < 1.29 is 24.2 Å². The summed E-state index contributed by atoms with van der Waals surface area (Å²) in [5.74, 6) is 0.559. The van der Waals surface area contributed by atoms with E-state index in [4.69, 9.17) is 9.47 Å². The molecule has 2 aromatic carbocycles. The number of hydrogen-bond acceptors (Lipinski definition) is 5. The average molecular weight is 634 g/mol. The van der Waals surface area contributed by atoms with E-state index in [1.807, 2.05) is 35.2 Å². The van der Waals surface area contributed by atoms with Crippen LogP contribution >= 0.6 is 0 Å². The Morgan fingerprint density at radius 3 is 2.38 bits per heavy atom. The fourth-order valence-corrected chi connectivity index (χ4v) is 12.2. The molecule has 2 aliphatic heterocycles. The zero-order valence-corrected chi connectivity index (χ0v) is 27.8. The van der Waals surface area contributed by atoms with Gasteiger partial charge in [0.05, 0.1) is 25.3 Å². The largest absolute Gasteiger partial charge is 0.440 e. The Morgan fingerprint density at radius 1 is 0.894 bits per heavy atom. The Morgan fingerprint density at radius 2 is 1.62 bits per heavy atom. The number of aliphatic hydroxyl groups is 1. The fourth-order valence-electron chi connectivity index (χ4n) is 12.2. The summed E-state index contributed by atoms with van der Waals surface area (Å²) in [7, 11) is 0. The minimum atomic E-state index is -0.567. The summed E-state index contributed by atoms with van der Waals surface area (Å²) < 4.78 is 12.5. The Balaban J connectivity index is 1.12. The topological polar surface area (TPSA) is 76.1 Å². The van der Waals surface area contributed by atoms with Gasteiger partial charge in [-0.15, -0.1) is 0 Å². The zero-order chi connectivity index (χ0) is 32.2. The number of fused-ring (bicyclic) bond motifs is 2. The summed E-state index contributed by atoms with van der Waals surface area (Å²) >= 11 is 0. The predicted octanol–water partition coefficient (Wildman–Crippen LogP) is 7.77. The van der Waals surface area contributed by atoms with E-state index >= 15 is 0 Å². The van der Waals surface area contributed by atoms with Crippen molar-refractivity contribution in [3.63, 3.8) is 0 Å². The minimum Gasteiger partial charge on any atom is -0.440 e. The number of rotatable bonds is 5. The fraction of sp³-hybridized carbons (Fsp3) is 0.561. The van der Waals surface area contributed by atoms with Crippen molar-refractivity contribution in [3.8, 4) is 11.1 Å². The van der Waals surface area contributed by atoms with Gasteiger partial charge in [0.2, 0.25) is 0 Å². The van der Waals surface area contributed by atoms with E-state index in [0.29, 0.717) is 19.5 Å². The first-order chi connectivity index (χ1) is 22.6. The van der Waals surface area contributed by atoms with Crippen LogP contribution in [0.3, 0.4) is 0 Å². The maximum absolute atomic E-state index is 15.0. The van der Waals surface area contributed by atoms with Crippen LogP contribution in [0.5, 0.6) is 0 Å². The van der Waals surface area contributed by atoms with Crippen LogP contribution in [0.15, 0.2) is 78.4 Å². The lowest BCUT2D eigenvalue weighted by Gasteiger charge is -2.71. The molecule has 2 bridgehead atoms. The van der Waals surface area contributed by atoms with E-state index in [1.54, 1.807) is 0 Å². The minimum absolute atomic E-state index is 0.0444. The molecule has 246 valence electrons. The van der Waals surface area contributed by atoms with Crippen LogP contribution in [-0.2, 0) is 9.47 Å². The molecule has 0 radical (unpaired) electrons. The molecule has 6 heteroatoms. The van der Waals surface area contributed by atoms with E-state index in [-0.39, 0.29) is 52.2 Å². The molecule has 2 saturated heterocycles. The summed E-state index contributed by atoms with van der Waals surface area (Å²) in [6, 6.07) is 18.4. The maximum atomic E-state index is 15.0. The molecule has 8 aliphatic rings. The number of nitrogens with zero attached hydrogens (tertiary/aromatic N) is 1. The number of aliphatic hydroxyl groups excluding tert-OH is 1. The van der Waals surface area contributed by atoms with Gasteiger partial charge in [-0.05, 0) is 86.2 Å². The van der Waals surface area contributed by atoms with Gasteiger partial charge < -0.3 is 19.5 Å². The third kappa shape index (κ3) is 3.92. The molecule has 1 amide bonds. The molecule has 10 rings (SSSR count). The first-order valence-corrected chi connectivity index (χ1v) is 18.0. The first kappa shape index (κ1) is 29.9. The van der Waals surface area contributed by atoms with Crippen LogP contribution < -0.4 is 0 Å². The van der Waals surface area contributed by atoms with Crippen molar-refractivity contribution in [3.05, 3.63) is 84.0 Å². The van der Waals surface area contributed by atoms with Crippen LogP contribution in [0.2, 0.25) is 0 Å². The van der Waals surface area contributed by atoms with E-state index in [1.165, 1.54) is 0 Å². The third-order valence-electron chi connectivity index (χ3n) is 14.6. The van der Waals surface area contributed by atoms with Crippen molar-refractivity contribution in [2.45, 2.75) is 89.4 Å². The number of amides is 1. The number of hydrogen-bond donors (Lipinski definition) is 1. The van der Waals surface area contributed by atoms with Gasteiger partial charge in [0.25, 0.3) is 0 Å². The van der Waals surface area contributed by atoms with Gasteiger partial charge in [-0.1, -0.05) is 86.7 Å². The second-order valence-corrected chi connectivity index (χ2v) is 16.4. The number of allylic oxidation sites excluding steroid dienone is 4. The molecule has 9 atom stereocenters. The Labute approximate surface area is 278 Å². The molecule has 1 N–H and O–H groups in total. The van der Waals surface area contributed by atoms with Gasteiger partial charge in [0, 0.05) is 34.0 Å². The molecule has 3 saturated carbocycles. The lowest BCUT2D eigenvalue weighted by Crippen LogP contribution is -2.67. The lowest BCUT2D eigenvalue weighted by molar-refractivity contribution is -0.164. The number of carbonyl (C=O) groups excluding carboxylic acids is 2. The SMILES string of the molecule is C[C@]12CC[C@H]3[C@]4(C=C[C@@]5(C=C4C(=O)c4ccc(-c6ccccc6)cc4)C[C@@H](O)CC[C@]35C)[C@@H]1CC[C@@]21CN(C[C@H]2CCCO2)C(=O)O1. The third-order valence-corrected chi connectivity index (χ3v) is 14.6. The number of carbonyl (C=O) groups is 2. The van der Waals surface area contributed by atoms with E-state index in [0.717, 1.165) is 80.2 Å². The average Bonchev–Trinajstić information content (AvgIpc) is 3.79. The molecule has 47 heavy (non-hydrogen) atoms. The quantitative estimate of drug-likeness (QED) is 0.269. The summed E-state index contributed by atoms with van der Waals surface area (Å²) in [6.45, 7) is 6.78. The monoisotopic (exact) mass is 633 g/mol. The number of benzene rings is 2. The molecule has 0 aromatic heterocycles. The van der Waals surface area contributed by atoms with E-state index in [2.05, 4.69) is 56.3 Å². The second-order valence-electron chi connectivity index (χ2n) is 16.4. The van der Waals surface area contributed by atoms with E-state index in [9.17, 15) is 14.7 Å². The predicted molar refractivity (Wildman–Crippen MR) is 180 cm³/mol. The molecule has 5 fully saturated rings. The molecule has 0 unspecified atom stereocenters. The Kier molecular flexibility index (Phi) is 6.45. The molecular formula is C41H47NO5. The van der Waals surface area contributed by atoms with Gasteiger partial charge in [-0.25, -0.2) is 4.79 Å². The molecule has 6 aliphatic carbocycles. The second kappa shape index (κ2) is 10.1. The van der Waals surface area contributed by atoms with Crippen LogP contribution in [0, 0.1) is 33.5 Å². The van der Waals surface area contributed by atoms with Crippen molar-refractivity contribution in [2.24, 2.45) is 33.5 Å². The van der Waals surface area contributed by atoms with Gasteiger partial charge in [0.15, 0.2) is 5.78 Å². The highest BCUT2D eigenvalue weighted by Crippen LogP contribution is 2.79. The summed E-state index contributed by atoms with van der Waals surface area (Å²) in [6.07, 6.45) is 14.8. The lowest BCUT2D eigenvalue weighted by atomic mass is 9.32. The van der Waals surface area contributed by atoms with Gasteiger partial charge in [-0.2, -0.15) is 0 Å².